The summed E-state index contributed by atoms with van der Waals surface area (Å²) >= 11 is 12.3. The minimum absolute atomic E-state index is 0.0293. The number of ether oxygens (including phenoxy) is 2. The van der Waals surface area contributed by atoms with Crippen molar-refractivity contribution >= 4 is 46.3 Å². The highest BCUT2D eigenvalue weighted by atomic mass is 35.5. The zero-order chi connectivity index (χ0) is 33.9. The van der Waals surface area contributed by atoms with Gasteiger partial charge in [0, 0.05) is 33.3 Å². The Bertz CT molecular complexity index is 2030. The summed E-state index contributed by atoms with van der Waals surface area (Å²) in [6.45, 7) is 2.63. The largest absolute Gasteiger partial charge is 0.490 e. The predicted molar refractivity (Wildman–Crippen MR) is 195 cm³/mol. The molecule has 8 heteroatoms. The maximum atomic E-state index is 14.6. The molecule has 6 nitrogen and oxygen atoms in total. The van der Waals surface area contributed by atoms with Crippen molar-refractivity contribution in [2.24, 2.45) is 0 Å². The summed E-state index contributed by atoms with van der Waals surface area (Å²) in [4.78, 5) is 30.9. The van der Waals surface area contributed by atoms with Gasteiger partial charge < -0.3 is 14.8 Å². The van der Waals surface area contributed by atoms with E-state index in [1.54, 1.807) is 17.0 Å². The molecule has 0 saturated heterocycles. The van der Waals surface area contributed by atoms with Gasteiger partial charge in [0.25, 0.3) is 5.91 Å². The molecule has 2 atom stereocenters. The number of nitrogens with one attached hydrogen (secondary N) is 1. The minimum atomic E-state index is -0.748. The van der Waals surface area contributed by atoms with Gasteiger partial charge in [0.05, 0.1) is 24.0 Å². The average Bonchev–Trinajstić information content (AvgIpc) is 3.27. The number of amides is 1. The molecule has 0 unspecified atom stereocenters. The van der Waals surface area contributed by atoms with E-state index in [0.29, 0.717) is 64.4 Å². The van der Waals surface area contributed by atoms with Gasteiger partial charge in [-0.1, -0.05) is 83.9 Å². The molecule has 0 spiro atoms. The third-order valence-electron chi connectivity index (χ3n) is 8.96. The summed E-state index contributed by atoms with van der Waals surface area (Å²) in [7, 11) is 0. The van der Waals surface area contributed by atoms with Gasteiger partial charge in [0.1, 0.15) is 6.61 Å². The molecule has 0 aromatic heterocycles. The number of allylic oxidation sites excluding steroid dienone is 1. The third kappa shape index (κ3) is 6.80. The van der Waals surface area contributed by atoms with E-state index in [1.165, 1.54) is 0 Å². The van der Waals surface area contributed by atoms with Crippen LogP contribution in [0.1, 0.15) is 58.8 Å². The Morgan fingerprint density at radius 1 is 0.776 bits per heavy atom. The first kappa shape index (κ1) is 32.5. The lowest BCUT2D eigenvalue weighted by atomic mass is 9.78. The Morgan fingerprint density at radius 3 is 2.18 bits per heavy atom. The number of rotatable bonds is 8. The maximum absolute atomic E-state index is 14.6. The molecule has 1 N–H and O–H groups in total. The van der Waals surface area contributed by atoms with E-state index in [1.807, 2.05) is 116 Å². The second-order valence-electron chi connectivity index (χ2n) is 12.1. The van der Waals surface area contributed by atoms with E-state index in [4.69, 9.17) is 32.7 Å². The Hall–Kier alpha value is -5.04. The number of fused-ring (bicyclic) bond motifs is 1. The number of carbonyl (C=O) groups is 2. The number of benzene rings is 5. The summed E-state index contributed by atoms with van der Waals surface area (Å²) in [5.74, 6) is 0.778. The lowest BCUT2D eigenvalue weighted by Gasteiger charge is -2.35. The van der Waals surface area contributed by atoms with Crippen molar-refractivity contribution in [2.75, 3.05) is 16.8 Å². The lowest BCUT2D eigenvalue weighted by Crippen LogP contribution is -2.38. The highest BCUT2D eigenvalue weighted by Crippen LogP contribution is 2.49. The minimum Gasteiger partial charge on any atom is -0.490 e. The normalized spacial score (nSPS) is 17.0. The highest BCUT2D eigenvalue weighted by Gasteiger charge is 2.42. The molecule has 49 heavy (non-hydrogen) atoms. The summed E-state index contributed by atoms with van der Waals surface area (Å²) in [5.41, 5.74) is 6.02. The number of halogens is 2. The van der Waals surface area contributed by atoms with Crippen LogP contribution in [0.3, 0.4) is 0 Å². The van der Waals surface area contributed by atoms with Gasteiger partial charge in [0.15, 0.2) is 17.3 Å². The van der Waals surface area contributed by atoms with Crippen LogP contribution in [0, 0.1) is 0 Å². The summed E-state index contributed by atoms with van der Waals surface area (Å²) in [6.07, 6.45) is 0.879. The monoisotopic (exact) mass is 688 g/mol. The Kier molecular flexibility index (Phi) is 9.43. The molecule has 0 saturated carbocycles. The molecule has 246 valence electrons. The van der Waals surface area contributed by atoms with Gasteiger partial charge in [0.2, 0.25) is 0 Å². The van der Waals surface area contributed by atoms with Crippen molar-refractivity contribution < 1.29 is 19.1 Å². The molecule has 1 amide bonds. The molecule has 1 aliphatic carbocycles. The van der Waals surface area contributed by atoms with Crippen molar-refractivity contribution in [3.8, 4) is 11.5 Å². The lowest BCUT2D eigenvalue weighted by molar-refractivity contribution is -0.116. The highest BCUT2D eigenvalue weighted by molar-refractivity contribution is 6.30. The third-order valence-corrected chi connectivity index (χ3v) is 9.46. The smallest absolute Gasteiger partial charge is 0.259 e. The molecule has 0 radical (unpaired) electrons. The molecule has 2 aliphatic rings. The fraction of sp³-hybridized carbons (Fsp3) is 0.171. The first-order valence-electron chi connectivity index (χ1n) is 16.3. The molecule has 5 aromatic rings. The van der Waals surface area contributed by atoms with E-state index >= 15 is 0 Å². The van der Waals surface area contributed by atoms with Crippen molar-refractivity contribution in [2.45, 2.75) is 38.3 Å². The number of Topliss-reactive ketones (excluding diaryl/α,β-unsaturated/α-hetero) is 1. The molecular weight excluding hydrogens is 655 g/mol. The Morgan fingerprint density at radius 2 is 1.45 bits per heavy atom. The Balaban J connectivity index is 1.37. The van der Waals surface area contributed by atoms with Crippen LogP contribution >= 0.6 is 23.2 Å². The van der Waals surface area contributed by atoms with Gasteiger partial charge in [-0.2, -0.15) is 0 Å². The zero-order valence-electron chi connectivity index (χ0n) is 26.9. The molecule has 5 aromatic carbocycles. The van der Waals surface area contributed by atoms with Crippen LogP contribution in [0.2, 0.25) is 10.0 Å². The SMILES string of the molecule is CCOc1cc([C@H]2C3=C(C[C@@H](c4ccc(Cl)cc4)CC3=O)Nc3ccccc3N2C(=O)c2ccccc2)ccc1OCc1ccc(Cl)cc1. The van der Waals surface area contributed by atoms with Gasteiger partial charge in [-0.3, -0.25) is 14.5 Å². The molecule has 7 rings (SSSR count). The van der Waals surface area contributed by atoms with Crippen LogP contribution in [0.5, 0.6) is 11.5 Å². The van der Waals surface area contributed by atoms with Crippen LogP contribution in [0.4, 0.5) is 11.4 Å². The summed E-state index contributed by atoms with van der Waals surface area (Å²) in [6, 6.07) is 37.0. The molecule has 1 aliphatic heterocycles. The Labute approximate surface area is 295 Å². The molecule has 1 heterocycles. The fourth-order valence-electron chi connectivity index (χ4n) is 6.64. The van der Waals surface area contributed by atoms with Crippen molar-refractivity contribution in [3.05, 3.63) is 165 Å². The first-order valence-corrected chi connectivity index (χ1v) is 17.1. The predicted octanol–water partition coefficient (Wildman–Crippen LogP) is 10.2. The maximum Gasteiger partial charge on any atom is 0.259 e. The standard InChI is InChI=1S/C41H34Cl2N2O4/c1-2-48-38-24-29(16-21-37(38)49-25-26-12-17-31(42)18-13-26)40-39-34(22-30(23-36(39)46)27-14-19-32(43)20-15-27)44-33-10-6-7-11-35(33)45(40)41(47)28-8-4-3-5-9-28/h3-21,24,30,40,44H,2,22-23,25H2,1H3/t30-,40+/m1/s1. The van der Waals surface area contributed by atoms with Gasteiger partial charge >= 0.3 is 0 Å². The van der Waals surface area contributed by atoms with Crippen molar-refractivity contribution in [3.63, 3.8) is 0 Å². The summed E-state index contributed by atoms with van der Waals surface area (Å²) < 4.78 is 12.4. The second-order valence-corrected chi connectivity index (χ2v) is 13.0. The van der Waals surface area contributed by atoms with E-state index in [2.05, 4.69) is 5.32 Å². The fourth-order valence-corrected chi connectivity index (χ4v) is 6.90. The van der Waals surface area contributed by atoms with Gasteiger partial charge in [-0.25, -0.2) is 0 Å². The molecular formula is C41H34Cl2N2O4. The number of para-hydroxylation sites is 2. The molecule has 0 fully saturated rings. The van der Waals surface area contributed by atoms with Gasteiger partial charge in [-0.15, -0.1) is 0 Å². The first-order chi connectivity index (χ1) is 23.9. The number of nitrogens with zero attached hydrogens (tertiary/aromatic N) is 1. The topological polar surface area (TPSA) is 67.9 Å². The van der Waals surface area contributed by atoms with Crippen LogP contribution in [-0.2, 0) is 11.4 Å². The van der Waals surface area contributed by atoms with Crippen LogP contribution in [0.15, 0.2) is 133 Å². The van der Waals surface area contributed by atoms with E-state index < -0.39 is 6.04 Å². The molecule has 0 bridgehead atoms. The number of carbonyl (C=O) groups excluding carboxylic acids is 2. The van der Waals surface area contributed by atoms with E-state index in [0.717, 1.165) is 28.1 Å². The average molecular weight is 690 g/mol. The van der Waals surface area contributed by atoms with Crippen LogP contribution < -0.4 is 19.7 Å². The van der Waals surface area contributed by atoms with E-state index in [-0.39, 0.29) is 17.6 Å². The van der Waals surface area contributed by atoms with Crippen LogP contribution in [0.25, 0.3) is 0 Å². The van der Waals surface area contributed by atoms with E-state index in [9.17, 15) is 9.59 Å². The quantitative estimate of drug-likeness (QED) is 0.176. The second kappa shape index (κ2) is 14.2. The zero-order valence-corrected chi connectivity index (χ0v) is 28.4. The number of ketones is 1. The van der Waals surface area contributed by atoms with Gasteiger partial charge in [-0.05, 0) is 96.6 Å². The summed E-state index contributed by atoms with van der Waals surface area (Å²) in [5, 5.41) is 4.91. The number of hydrogen-bond acceptors (Lipinski definition) is 5. The number of hydrogen-bond donors (Lipinski definition) is 1. The van der Waals surface area contributed by atoms with Crippen molar-refractivity contribution in [1.82, 2.24) is 0 Å². The van der Waals surface area contributed by atoms with Crippen molar-refractivity contribution in [1.29, 1.82) is 0 Å². The number of anilines is 2. The van der Waals surface area contributed by atoms with Crippen LogP contribution in [-0.4, -0.2) is 18.3 Å².